The van der Waals surface area contributed by atoms with E-state index in [4.69, 9.17) is 4.74 Å². The predicted molar refractivity (Wildman–Crippen MR) is 117 cm³/mol. The minimum absolute atomic E-state index is 0.108. The van der Waals surface area contributed by atoms with Crippen LogP contribution in [0.2, 0.25) is 0 Å². The smallest absolute Gasteiger partial charge is 0.214 e. The van der Waals surface area contributed by atoms with Gasteiger partial charge in [-0.3, -0.25) is 0 Å². The van der Waals surface area contributed by atoms with E-state index in [1.165, 1.54) is 16.7 Å². The van der Waals surface area contributed by atoms with Gasteiger partial charge in [-0.05, 0) is 57.9 Å². The van der Waals surface area contributed by atoms with E-state index in [1.54, 1.807) is 0 Å². The Hall–Kier alpha value is -2.73. The van der Waals surface area contributed by atoms with Crippen LogP contribution in [0.25, 0.3) is 10.8 Å². The van der Waals surface area contributed by atoms with Crippen LogP contribution in [0.1, 0.15) is 41.8 Å². The van der Waals surface area contributed by atoms with Crippen LogP contribution in [-0.4, -0.2) is 46.3 Å². The van der Waals surface area contributed by atoms with E-state index in [9.17, 15) is 0 Å². The van der Waals surface area contributed by atoms with Gasteiger partial charge in [0.2, 0.25) is 5.88 Å². The fourth-order valence-electron chi connectivity index (χ4n) is 4.01. The summed E-state index contributed by atoms with van der Waals surface area (Å²) >= 11 is 0. The summed E-state index contributed by atoms with van der Waals surface area (Å²) in [7, 11) is 2.12. The van der Waals surface area contributed by atoms with Gasteiger partial charge < -0.3 is 15.0 Å². The van der Waals surface area contributed by atoms with E-state index < -0.39 is 0 Å². The Bertz CT molecular complexity index is 1040. The lowest BCUT2D eigenvalue weighted by Gasteiger charge is -2.20. The van der Waals surface area contributed by atoms with Crippen LogP contribution in [0, 0.1) is 20.8 Å². The van der Waals surface area contributed by atoms with Crippen LogP contribution >= 0.6 is 0 Å². The topological polar surface area (TPSA) is 63.2 Å². The highest BCUT2D eigenvalue weighted by atomic mass is 16.5. The van der Waals surface area contributed by atoms with Crippen LogP contribution in [-0.2, 0) is 0 Å². The molecule has 1 N–H and O–H groups in total. The predicted octanol–water partition coefficient (Wildman–Crippen LogP) is 4.21. The number of pyridine rings is 1. The Morgan fingerprint density at radius 2 is 2.00 bits per heavy atom. The second kappa shape index (κ2) is 7.95. The van der Waals surface area contributed by atoms with Crippen molar-refractivity contribution in [3.8, 4) is 5.88 Å². The molecular formula is C23H29N5O. The zero-order valence-corrected chi connectivity index (χ0v) is 17.9. The summed E-state index contributed by atoms with van der Waals surface area (Å²) in [6, 6.07) is 8.51. The highest BCUT2D eigenvalue weighted by Crippen LogP contribution is 2.30. The summed E-state index contributed by atoms with van der Waals surface area (Å²) in [4.78, 5) is 6.80. The lowest BCUT2D eigenvalue weighted by Crippen LogP contribution is -2.21. The maximum absolute atomic E-state index is 6.14. The number of rotatable bonds is 5. The minimum Gasteiger partial charge on any atom is -0.473 e. The molecule has 1 aliphatic heterocycles. The van der Waals surface area contributed by atoms with E-state index >= 15 is 0 Å². The first-order valence-electron chi connectivity index (χ1n) is 10.2. The van der Waals surface area contributed by atoms with Crippen molar-refractivity contribution in [2.45, 2.75) is 46.3 Å². The van der Waals surface area contributed by atoms with E-state index in [0.29, 0.717) is 5.88 Å². The van der Waals surface area contributed by atoms with Gasteiger partial charge in [-0.15, -0.1) is 5.10 Å². The summed E-state index contributed by atoms with van der Waals surface area (Å²) in [6.45, 7) is 10.4. The average molecular weight is 392 g/mol. The van der Waals surface area contributed by atoms with E-state index in [-0.39, 0.29) is 12.1 Å². The quantitative estimate of drug-likeness (QED) is 0.703. The van der Waals surface area contributed by atoms with Crippen LogP contribution in [0.3, 0.4) is 0 Å². The van der Waals surface area contributed by atoms with Crippen molar-refractivity contribution in [2.75, 3.05) is 25.5 Å². The van der Waals surface area contributed by atoms with Gasteiger partial charge in [-0.25, -0.2) is 4.98 Å². The number of aromatic nitrogens is 3. The van der Waals surface area contributed by atoms with Crippen molar-refractivity contribution in [2.24, 2.45) is 0 Å². The molecule has 0 amide bonds. The number of hydrogen-bond donors (Lipinski definition) is 1. The maximum atomic E-state index is 6.14. The third-order valence-corrected chi connectivity index (χ3v) is 5.93. The molecule has 3 heterocycles. The molecule has 0 radical (unpaired) electrons. The minimum atomic E-state index is 0.108. The molecule has 3 aromatic rings. The van der Waals surface area contributed by atoms with Crippen LogP contribution in [0.15, 0.2) is 30.5 Å². The number of likely N-dealkylation sites (N-methyl/N-ethyl adjacent to an activating group) is 1. The Labute approximate surface area is 172 Å². The molecule has 2 aromatic heterocycles. The summed E-state index contributed by atoms with van der Waals surface area (Å²) in [6.07, 6.45) is 3.06. The van der Waals surface area contributed by atoms with Crippen molar-refractivity contribution in [3.63, 3.8) is 0 Å². The summed E-state index contributed by atoms with van der Waals surface area (Å²) in [5, 5.41) is 14.3. The highest BCUT2D eigenvalue weighted by Gasteiger charge is 2.22. The molecular weight excluding hydrogens is 362 g/mol. The van der Waals surface area contributed by atoms with Crippen molar-refractivity contribution in [1.29, 1.82) is 0 Å². The van der Waals surface area contributed by atoms with Gasteiger partial charge in [0.05, 0.1) is 11.7 Å². The Morgan fingerprint density at radius 3 is 2.76 bits per heavy atom. The van der Waals surface area contributed by atoms with Gasteiger partial charge in [-0.1, -0.05) is 18.2 Å². The molecule has 1 fully saturated rings. The van der Waals surface area contributed by atoms with Gasteiger partial charge in [0.1, 0.15) is 6.10 Å². The second-order valence-corrected chi connectivity index (χ2v) is 8.15. The van der Waals surface area contributed by atoms with Crippen molar-refractivity contribution < 1.29 is 4.74 Å². The Kier molecular flexibility index (Phi) is 5.37. The van der Waals surface area contributed by atoms with Crippen LogP contribution in [0.5, 0.6) is 5.88 Å². The molecule has 6 heteroatoms. The molecule has 1 unspecified atom stereocenters. The first-order chi connectivity index (χ1) is 13.9. The normalized spacial score (nSPS) is 18.2. The number of hydrogen-bond acceptors (Lipinski definition) is 6. The molecule has 0 saturated carbocycles. The molecule has 6 nitrogen and oxygen atoms in total. The van der Waals surface area contributed by atoms with Crippen molar-refractivity contribution in [3.05, 3.63) is 52.8 Å². The monoisotopic (exact) mass is 391 g/mol. The maximum Gasteiger partial charge on any atom is 0.214 e. The lowest BCUT2D eigenvalue weighted by molar-refractivity contribution is 0.200. The molecule has 0 bridgehead atoms. The highest BCUT2D eigenvalue weighted by molar-refractivity contribution is 5.93. The average Bonchev–Trinajstić information content (AvgIpc) is 3.11. The summed E-state index contributed by atoms with van der Waals surface area (Å²) in [5.41, 5.74) is 4.72. The molecule has 2 atom stereocenters. The SMILES string of the molecule is Cc1cccc([C@@H](C)Nc2nnc(C)c3cnc(OC4CCN(C)C4)cc23)c1C. The standard InChI is InChI=1S/C23H29N5O/c1-14-7-6-8-19(15(14)2)16(3)25-23-20-11-22(29-18-9-10-28(5)13-18)24-12-21(20)17(4)26-27-23/h6-8,11-12,16,18H,9-10,13H2,1-5H3,(H,25,27)/t16-,18?/m1/s1. The third kappa shape index (κ3) is 4.03. The molecule has 4 rings (SSSR count). The molecule has 1 aromatic carbocycles. The van der Waals surface area contributed by atoms with E-state index in [0.717, 1.165) is 41.8 Å². The zero-order chi connectivity index (χ0) is 20.5. The number of nitrogens with zero attached hydrogens (tertiary/aromatic N) is 4. The number of ether oxygens (including phenoxy) is 1. The molecule has 0 aliphatic carbocycles. The van der Waals surface area contributed by atoms with Gasteiger partial charge in [0.25, 0.3) is 0 Å². The summed E-state index contributed by atoms with van der Waals surface area (Å²) < 4.78 is 6.14. The number of anilines is 1. The van der Waals surface area contributed by atoms with Gasteiger partial charge >= 0.3 is 0 Å². The van der Waals surface area contributed by atoms with Crippen LogP contribution < -0.4 is 10.1 Å². The first-order valence-corrected chi connectivity index (χ1v) is 10.2. The van der Waals surface area contributed by atoms with E-state index in [1.807, 2.05) is 19.2 Å². The first kappa shape index (κ1) is 19.6. The Morgan fingerprint density at radius 1 is 1.17 bits per heavy atom. The van der Waals surface area contributed by atoms with Gasteiger partial charge in [0, 0.05) is 36.1 Å². The zero-order valence-electron chi connectivity index (χ0n) is 17.9. The number of likely N-dealkylation sites (tertiary alicyclic amines) is 1. The third-order valence-electron chi connectivity index (χ3n) is 5.93. The molecule has 152 valence electrons. The van der Waals surface area contributed by atoms with E-state index in [2.05, 4.69) is 71.4 Å². The second-order valence-electron chi connectivity index (χ2n) is 8.15. The lowest BCUT2D eigenvalue weighted by atomic mass is 9.98. The molecule has 1 aliphatic rings. The molecule has 29 heavy (non-hydrogen) atoms. The van der Waals surface area contributed by atoms with Gasteiger partial charge in [0.15, 0.2) is 5.82 Å². The summed E-state index contributed by atoms with van der Waals surface area (Å²) in [5.74, 6) is 1.41. The Balaban J connectivity index is 1.65. The molecule has 1 saturated heterocycles. The number of benzene rings is 1. The van der Waals surface area contributed by atoms with Crippen molar-refractivity contribution >= 4 is 16.6 Å². The van der Waals surface area contributed by atoms with Gasteiger partial charge in [-0.2, -0.15) is 5.10 Å². The number of fused-ring (bicyclic) bond motifs is 1. The van der Waals surface area contributed by atoms with Crippen LogP contribution in [0.4, 0.5) is 5.82 Å². The fraction of sp³-hybridized carbons (Fsp3) is 0.435. The van der Waals surface area contributed by atoms with Crippen molar-refractivity contribution in [1.82, 2.24) is 20.1 Å². The number of nitrogens with one attached hydrogen (secondary N) is 1. The molecule has 0 spiro atoms. The number of aryl methyl sites for hydroxylation is 2. The largest absolute Gasteiger partial charge is 0.473 e. The fourth-order valence-corrected chi connectivity index (χ4v) is 4.01.